The Morgan fingerprint density at radius 3 is 2.72 bits per heavy atom. The summed E-state index contributed by atoms with van der Waals surface area (Å²) >= 11 is 0. The Labute approximate surface area is 192 Å². The minimum absolute atomic E-state index is 0. The zero-order valence-corrected chi connectivity index (χ0v) is 20.2. The quantitative estimate of drug-likeness (QED) is 0.348. The summed E-state index contributed by atoms with van der Waals surface area (Å²) in [6.45, 7) is 7.28. The van der Waals surface area contributed by atoms with Crippen molar-refractivity contribution in [1.82, 2.24) is 20.5 Å². The van der Waals surface area contributed by atoms with E-state index in [-0.39, 0.29) is 35.9 Å². The van der Waals surface area contributed by atoms with Crippen LogP contribution in [0, 0.1) is 12.8 Å². The highest BCUT2D eigenvalue weighted by Crippen LogP contribution is 2.26. The van der Waals surface area contributed by atoms with Gasteiger partial charge in [0.25, 0.3) is 0 Å². The number of hydrogen-bond donors (Lipinski definition) is 2. The lowest BCUT2D eigenvalue weighted by Crippen LogP contribution is -2.45. The van der Waals surface area contributed by atoms with Crippen molar-refractivity contribution in [2.45, 2.75) is 64.8 Å². The molecule has 7 heteroatoms. The van der Waals surface area contributed by atoms with Crippen LogP contribution in [0.1, 0.15) is 56.7 Å². The predicted octanol–water partition coefficient (Wildman–Crippen LogP) is 3.29. The molecule has 2 fully saturated rings. The van der Waals surface area contributed by atoms with E-state index in [0.717, 1.165) is 63.5 Å². The molecule has 1 aromatic rings. The van der Waals surface area contributed by atoms with Gasteiger partial charge in [-0.25, -0.2) is 0 Å². The van der Waals surface area contributed by atoms with Gasteiger partial charge < -0.3 is 15.5 Å². The number of halogens is 1. The Morgan fingerprint density at radius 1 is 1.24 bits per heavy atom. The number of aliphatic imine (C=N–C) groups is 1. The Hall–Kier alpha value is -1.38. The van der Waals surface area contributed by atoms with Crippen LogP contribution in [0.15, 0.2) is 23.3 Å². The van der Waals surface area contributed by atoms with Crippen LogP contribution in [0.3, 0.4) is 0 Å². The van der Waals surface area contributed by atoms with Gasteiger partial charge in [0.05, 0.1) is 0 Å². The standard InChI is InChI=1S/C22H35N5O.HI/c1-3-23-22(24-13-11-18-10-9-17(2)25-15-18)26-20-12-14-27(16-20)21(28)19-7-5-4-6-8-19;/h9-10,15,19-20H,3-8,11-14,16H2,1-2H3,(H2,23,24,26);1H. The molecule has 1 atom stereocenters. The van der Waals surface area contributed by atoms with Crippen molar-refractivity contribution in [2.75, 3.05) is 26.2 Å². The zero-order valence-electron chi connectivity index (χ0n) is 17.8. The van der Waals surface area contributed by atoms with Crippen molar-refractivity contribution < 1.29 is 4.79 Å². The van der Waals surface area contributed by atoms with E-state index in [1.807, 2.05) is 19.2 Å². The molecule has 0 bridgehead atoms. The zero-order chi connectivity index (χ0) is 19.8. The third kappa shape index (κ3) is 7.42. The Morgan fingerprint density at radius 2 is 2.03 bits per heavy atom. The number of carbonyl (C=O) groups is 1. The fourth-order valence-electron chi connectivity index (χ4n) is 4.14. The topological polar surface area (TPSA) is 69.6 Å². The number of nitrogens with one attached hydrogen (secondary N) is 2. The molecule has 0 spiro atoms. The van der Waals surface area contributed by atoms with Crippen LogP contribution < -0.4 is 10.6 Å². The van der Waals surface area contributed by atoms with Crippen molar-refractivity contribution in [1.29, 1.82) is 0 Å². The second kappa shape index (κ2) is 12.3. The number of guanidine groups is 1. The number of pyridine rings is 1. The number of amides is 1. The summed E-state index contributed by atoms with van der Waals surface area (Å²) in [5.74, 6) is 1.48. The van der Waals surface area contributed by atoms with E-state index in [1.54, 1.807) is 0 Å². The molecule has 162 valence electrons. The third-order valence-corrected chi connectivity index (χ3v) is 5.78. The molecule has 0 radical (unpaired) electrons. The fourth-order valence-corrected chi connectivity index (χ4v) is 4.14. The van der Waals surface area contributed by atoms with Gasteiger partial charge in [0.15, 0.2) is 5.96 Å². The monoisotopic (exact) mass is 513 g/mol. The highest BCUT2D eigenvalue weighted by atomic mass is 127. The van der Waals surface area contributed by atoms with Crippen LogP contribution in [0.4, 0.5) is 0 Å². The molecular weight excluding hydrogens is 477 g/mol. The molecule has 1 aromatic heterocycles. The average Bonchev–Trinajstić information content (AvgIpc) is 3.18. The summed E-state index contributed by atoms with van der Waals surface area (Å²) in [5.41, 5.74) is 2.24. The maximum Gasteiger partial charge on any atom is 0.225 e. The summed E-state index contributed by atoms with van der Waals surface area (Å²) < 4.78 is 0. The first-order valence-corrected chi connectivity index (χ1v) is 10.9. The number of nitrogens with zero attached hydrogens (tertiary/aromatic N) is 3. The Kier molecular flexibility index (Phi) is 10.2. The molecule has 1 saturated carbocycles. The van der Waals surface area contributed by atoms with Gasteiger partial charge in [-0.2, -0.15) is 0 Å². The number of aryl methyl sites for hydroxylation is 1. The number of likely N-dealkylation sites (tertiary alicyclic amines) is 1. The molecule has 1 amide bonds. The van der Waals surface area contributed by atoms with Crippen molar-refractivity contribution in [3.63, 3.8) is 0 Å². The number of rotatable bonds is 6. The molecule has 1 aliphatic heterocycles. The van der Waals surface area contributed by atoms with Crippen molar-refractivity contribution in [3.8, 4) is 0 Å². The lowest BCUT2D eigenvalue weighted by Gasteiger charge is -2.26. The normalized spacial score (nSPS) is 20.3. The first-order valence-electron chi connectivity index (χ1n) is 10.9. The van der Waals surface area contributed by atoms with E-state index < -0.39 is 0 Å². The summed E-state index contributed by atoms with van der Waals surface area (Å²) in [6, 6.07) is 4.44. The van der Waals surface area contributed by atoms with Gasteiger partial charge in [-0.15, -0.1) is 24.0 Å². The van der Waals surface area contributed by atoms with E-state index in [0.29, 0.717) is 5.91 Å². The van der Waals surface area contributed by atoms with E-state index >= 15 is 0 Å². The first-order chi connectivity index (χ1) is 13.7. The highest BCUT2D eigenvalue weighted by molar-refractivity contribution is 14.0. The van der Waals surface area contributed by atoms with Gasteiger partial charge in [0, 0.05) is 50.0 Å². The van der Waals surface area contributed by atoms with Crippen LogP contribution >= 0.6 is 24.0 Å². The molecule has 2 heterocycles. The van der Waals surface area contributed by atoms with Crippen molar-refractivity contribution in [3.05, 3.63) is 29.6 Å². The number of aromatic nitrogens is 1. The third-order valence-electron chi connectivity index (χ3n) is 5.78. The second-order valence-electron chi connectivity index (χ2n) is 8.07. The minimum Gasteiger partial charge on any atom is -0.357 e. The van der Waals surface area contributed by atoms with Crippen LogP contribution in [-0.4, -0.2) is 54.0 Å². The Bertz CT molecular complexity index is 658. The smallest absolute Gasteiger partial charge is 0.225 e. The van der Waals surface area contributed by atoms with E-state index in [1.165, 1.54) is 24.8 Å². The molecule has 2 N–H and O–H groups in total. The van der Waals surface area contributed by atoms with Crippen molar-refractivity contribution >= 4 is 35.8 Å². The molecule has 1 unspecified atom stereocenters. The van der Waals surface area contributed by atoms with Gasteiger partial charge >= 0.3 is 0 Å². The number of hydrogen-bond acceptors (Lipinski definition) is 3. The van der Waals surface area contributed by atoms with Gasteiger partial charge in [-0.1, -0.05) is 25.3 Å². The van der Waals surface area contributed by atoms with Gasteiger partial charge in [0.2, 0.25) is 5.91 Å². The van der Waals surface area contributed by atoms with E-state index in [9.17, 15) is 4.79 Å². The molecule has 29 heavy (non-hydrogen) atoms. The van der Waals surface area contributed by atoms with Crippen LogP contribution in [-0.2, 0) is 11.2 Å². The fraction of sp³-hybridized carbons (Fsp3) is 0.682. The largest absolute Gasteiger partial charge is 0.357 e. The molecular formula is C22H36IN5O. The molecule has 0 aromatic carbocycles. The van der Waals surface area contributed by atoms with Crippen LogP contribution in [0.25, 0.3) is 0 Å². The second-order valence-corrected chi connectivity index (χ2v) is 8.07. The lowest BCUT2D eigenvalue weighted by molar-refractivity contribution is -0.135. The molecule has 6 nitrogen and oxygen atoms in total. The van der Waals surface area contributed by atoms with Crippen molar-refractivity contribution in [2.24, 2.45) is 10.9 Å². The summed E-state index contributed by atoms with van der Waals surface area (Å²) in [4.78, 5) is 23.9. The van der Waals surface area contributed by atoms with Gasteiger partial charge in [-0.3, -0.25) is 14.8 Å². The molecule has 1 saturated heterocycles. The van der Waals surface area contributed by atoms with Gasteiger partial charge in [-0.05, 0) is 51.2 Å². The highest BCUT2D eigenvalue weighted by Gasteiger charge is 2.31. The van der Waals surface area contributed by atoms with E-state index in [2.05, 4.69) is 33.5 Å². The van der Waals surface area contributed by atoms with Crippen LogP contribution in [0.5, 0.6) is 0 Å². The minimum atomic E-state index is 0. The molecule has 2 aliphatic rings. The predicted molar refractivity (Wildman–Crippen MR) is 129 cm³/mol. The molecule has 1 aliphatic carbocycles. The SMILES string of the molecule is CCNC(=NCCc1ccc(C)nc1)NC1CCN(C(=O)C2CCCCC2)C1.I. The number of carbonyl (C=O) groups excluding carboxylic acids is 1. The summed E-state index contributed by atoms with van der Waals surface area (Å²) in [7, 11) is 0. The maximum atomic E-state index is 12.8. The Balaban J connectivity index is 0.00000300. The first kappa shape index (κ1) is 23.9. The van der Waals surface area contributed by atoms with Crippen LogP contribution in [0.2, 0.25) is 0 Å². The van der Waals surface area contributed by atoms with E-state index in [4.69, 9.17) is 4.99 Å². The maximum absolute atomic E-state index is 12.8. The lowest BCUT2D eigenvalue weighted by atomic mass is 9.88. The average molecular weight is 513 g/mol. The summed E-state index contributed by atoms with van der Waals surface area (Å²) in [5, 5.41) is 6.86. The summed E-state index contributed by atoms with van der Waals surface area (Å²) in [6.07, 6.45) is 9.65. The van der Waals surface area contributed by atoms with Gasteiger partial charge in [0.1, 0.15) is 0 Å². The molecule has 3 rings (SSSR count).